The van der Waals surface area contributed by atoms with E-state index in [0.29, 0.717) is 26.0 Å². The van der Waals surface area contributed by atoms with Crippen molar-refractivity contribution in [1.82, 2.24) is 9.55 Å². The van der Waals surface area contributed by atoms with Gasteiger partial charge in [-0.25, -0.2) is 13.4 Å². The number of hydrogen-bond donors (Lipinski definition) is 0. The van der Waals surface area contributed by atoms with Gasteiger partial charge >= 0.3 is 5.76 Å². The highest BCUT2D eigenvalue weighted by molar-refractivity contribution is 7.99. The summed E-state index contributed by atoms with van der Waals surface area (Å²) in [6.45, 7) is 3.85. The fraction of sp³-hybridized carbons (Fsp3) is 0.111. The van der Waals surface area contributed by atoms with E-state index >= 15 is 0 Å². The first kappa shape index (κ1) is 20.5. The molecule has 146 valence electrons. The van der Waals surface area contributed by atoms with Crippen molar-refractivity contribution in [2.24, 2.45) is 0 Å². The maximum Gasteiger partial charge on any atom is 0.341 e. The van der Waals surface area contributed by atoms with Crippen LogP contribution in [0.25, 0.3) is 10.9 Å². The summed E-state index contributed by atoms with van der Waals surface area (Å²) in [6.07, 6.45) is 1.55. The molecule has 0 aliphatic heterocycles. The second-order valence-electron chi connectivity index (χ2n) is 5.64. The predicted molar refractivity (Wildman–Crippen MR) is 105 cm³/mol. The lowest BCUT2D eigenvalue weighted by molar-refractivity contribution is 0.234. The molecule has 0 saturated carbocycles. The van der Waals surface area contributed by atoms with Crippen LogP contribution >= 0.6 is 23.4 Å². The Balaban J connectivity index is 2.05. The van der Waals surface area contributed by atoms with Crippen molar-refractivity contribution in [3.63, 3.8) is 0 Å². The zero-order valence-electron chi connectivity index (χ0n) is 14.2. The average molecular weight is 443 g/mol. The molecule has 0 aliphatic carbocycles. The molecule has 3 rings (SSSR count). The molecule has 0 aliphatic rings. The van der Waals surface area contributed by atoms with Crippen molar-refractivity contribution >= 4 is 44.1 Å². The van der Waals surface area contributed by atoms with E-state index in [2.05, 4.69) is 11.6 Å². The molecule has 10 heteroatoms. The van der Waals surface area contributed by atoms with Crippen molar-refractivity contribution in [2.45, 2.75) is 27.2 Å². The van der Waals surface area contributed by atoms with Crippen LogP contribution in [0.15, 0.2) is 74.9 Å². The molecule has 1 heterocycles. The smallest absolute Gasteiger partial charge is 0.283 e. The number of hydrogen-bond acceptors (Lipinski definition) is 5. The molecule has 28 heavy (non-hydrogen) atoms. The van der Waals surface area contributed by atoms with Gasteiger partial charge in [0.05, 0.1) is 15.8 Å². The number of allylic oxidation sites excluding steroid dienone is 1. The Morgan fingerprint density at radius 1 is 1.21 bits per heavy atom. The van der Waals surface area contributed by atoms with Gasteiger partial charge in [-0.3, -0.25) is 9.36 Å². The standard InChI is InChI=1S/C18H13ClF2N2O3S2/c1-2-9-23-16(24)14-8-3-11(19)10-15(14)22-18(23)27-12-4-6-13(7-5-12)28(25,26)17(20)21/h2-8,10,17H,1,9H2. The molecular formula is C18H13ClF2N2O3S2. The first-order valence-corrected chi connectivity index (χ1v) is 10.6. The minimum absolute atomic E-state index is 0.213. The Morgan fingerprint density at radius 3 is 2.50 bits per heavy atom. The van der Waals surface area contributed by atoms with Crippen LogP contribution in [0.1, 0.15) is 0 Å². The highest BCUT2D eigenvalue weighted by atomic mass is 35.5. The quantitative estimate of drug-likeness (QED) is 0.418. The van der Waals surface area contributed by atoms with Crippen LogP contribution in [0.3, 0.4) is 0 Å². The fourth-order valence-electron chi connectivity index (χ4n) is 2.45. The highest BCUT2D eigenvalue weighted by Crippen LogP contribution is 2.29. The number of sulfone groups is 1. The first-order valence-electron chi connectivity index (χ1n) is 7.85. The van der Waals surface area contributed by atoms with E-state index in [1.54, 1.807) is 24.3 Å². The molecule has 0 radical (unpaired) electrons. The van der Waals surface area contributed by atoms with Gasteiger partial charge in [-0.15, -0.1) is 6.58 Å². The van der Waals surface area contributed by atoms with Crippen LogP contribution in [0.5, 0.6) is 0 Å². The van der Waals surface area contributed by atoms with Crippen LogP contribution in [-0.4, -0.2) is 23.7 Å². The third-order valence-corrected chi connectivity index (χ3v) is 6.43. The highest BCUT2D eigenvalue weighted by Gasteiger charge is 2.26. The second kappa shape index (κ2) is 8.02. The average Bonchev–Trinajstić information content (AvgIpc) is 2.65. The van der Waals surface area contributed by atoms with Crippen LogP contribution in [0, 0.1) is 0 Å². The van der Waals surface area contributed by atoms with Gasteiger partial charge < -0.3 is 0 Å². The molecule has 0 atom stereocenters. The third-order valence-electron chi connectivity index (χ3n) is 3.79. The number of benzene rings is 2. The minimum Gasteiger partial charge on any atom is -0.283 e. The van der Waals surface area contributed by atoms with Gasteiger partial charge in [-0.05, 0) is 42.5 Å². The molecule has 0 bridgehead atoms. The van der Waals surface area contributed by atoms with E-state index in [9.17, 15) is 22.0 Å². The van der Waals surface area contributed by atoms with E-state index in [0.717, 1.165) is 23.9 Å². The van der Waals surface area contributed by atoms with Crippen LogP contribution in [0.2, 0.25) is 5.02 Å². The van der Waals surface area contributed by atoms with Gasteiger partial charge in [0.2, 0.25) is 9.84 Å². The molecular weight excluding hydrogens is 430 g/mol. The number of nitrogens with zero attached hydrogens (tertiary/aromatic N) is 2. The maximum absolute atomic E-state index is 12.8. The molecule has 3 aromatic rings. The Kier molecular flexibility index (Phi) is 5.87. The SMILES string of the molecule is C=CCn1c(Sc2ccc(S(=O)(=O)C(F)F)cc2)nc2cc(Cl)ccc2c1=O. The summed E-state index contributed by atoms with van der Waals surface area (Å²) < 4.78 is 49.8. The van der Waals surface area contributed by atoms with E-state index < -0.39 is 20.5 Å². The fourth-order valence-corrected chi connectivity index (χ4v) is 4.23. The van der Waals surface area contributed by atoms with Crippen LogP contribution < -0.4 is 5.56 Å². The van der Waals surface area contributed by atoms with Gasteiger partial charge in [0, 0.05) is 16.5 Å². The summed E-state index contributed by atoms with van der Waals surface area (Å²) in [6, 6.07) is 9.71. The number of halogens is 3. The Morgan fingerprint density at radius 2 is 1.89 bits per heavy atom. The molecule has 0 amide bonds. The largest absolute Gasteiger partial charge is 0.341 e. The number of rotatable bonds is 6. The molecule has 0 fully saturated rings. The zero-order chi connectivity index (χ0) is 20.5. The summed E-state index contributed by atoms with van der Waals surface area (Å²) in [7, 11) is -4.66. The maximum atomic E-state index is 12.8. The van der Waals surface area contributed by atoms with E-state index in [1.807, 2.05) is 0 Å². The molecule has 0 N–H and O–H groups in total. The zero-order valence-corrected chi connectivity index (χ0v) is 16.6. The molecule has 5 nitrogen and oxygen atoms in total. The van der Waals surface area contributed by atoms with E-state index in [1.165, 1.54) is 16.7 Å². The third kappa shape index (κ3) is 3.96. The minimum atomic E-state index is -4.66. The van der Waals surface area contributed by atoms with Crippen molar-refractivity contribution < 1.29 is 17.2 Å². The summed E-state index contributed by atoms with van der Waals surface area (Å²) >= 11 is 7.08. The summed E-state index contributed by atoms with van der Waals surface area (Å²) in [5, 5.41) is 1.16. The van der Waals surface area contributed by atoms with Gasteiger partial charge in [0.25, 0.3) is 5.56 Å². The van der Waals surface area contributed by atoms with Gasteiger partial charge in [0.15, 0.2) is 5.16 Å². The second-order valence-corrected chi connectivity index (χ2v) is 9.03. The number of aromatic nitrogens is 2. The van der Waals surface area contributed by atoms with Crippen molar-refractivity contribution in [1.29, 1.82) is 0 Å². The van der Waals surface area contributed by atoms with Gasteiger partial charge in [-0.2, -0.15) is 8.78 Å². The van der Waals surface area contributed by atoms with Crippen molar-refractivity contribution in [3.8, 4) is 0 Å². The predicted octanol–water partition coefficient (Wildman–Crippen LogP) is 4.38. The molecule has 0 saturated heterocycles. The number of fused-ring (bicyclic) bond motifs is 1. The molecule has 0 unspecified atom stereocenters. The van der Waals surface area contributed by atoms with Crippen molar-refractivity contribution in [3.05, 3.63) is 70.5 Å². The first-order chi connectivity index (χ1) is 13.2. The van der Waals surface area contributed by atoms with Gasteiger partial charge in [0.1, 0.15) is 0 Å². The van der Waals surface area contributed by atoms with E-state index in [-0.39, 0.29) is 12.1 Å². The monoisotopic (exact) mass is 442 g/mol. The normalized spacial score (nSPS) is 11.9. The van der Waals surface area contributed by atoms with Crippen LogP contribution in [-0.2, 0) is 16.4 Å². The van der Waals surface area contributed by atoms with Gasteiger partial charge in [-0.1, -0.05) is 29.4 Å². The Labute approximate surface area is 168 Å². The lowest BCUT2D eigenvalue weighted by Crippen LogP contribution is -2.22. The lowest BCUT2D eigenvalue weighted by Gasteiger charge is -2.12. The topological polar surface area (TPSA) is 69.0 Å². The summed E-state index contributed by atoms with van der Waals surface area (Å²) in [5.74, 6) is -3.49. The summed E-state index contributed by atoms with van der Waals surface area (Å²) in [4.78, 5) is 17.3. The summed E-state index contributed by atoms with van der Waals surface area (Å²) in [5.41, 5.74) is 0.137. The van der Waals surface area contributed by atoms with E-state index in [4.69, 9.17) is 11.6 Å². The Bertz CT molecular complexity index is 1210. The Hall–Kier alpha value is -2.23. The number of alkyl halides is 2. The molecule has 1 aromatic heterocycles. The van der Waals surface area contributed by atoms with Crippen LogP contribution in [0.4, 0.5) is 8.78 Å². The lowest BCUT2D eigenvalue weighted by atomic mass is 10.2. The van der Waals surface area contributed by atoms with Crippen molar-refractivity contribution in [2.75, 3.05) is 0 Å². The molecule has 0 spiro atoms. The molecule has 2 aromatic carbocycles.